The van der Waals surface area contributed by atoms with Crippen LogP contribution in [-0.2, 0) is 6.54 Å². The molecule has 3 aromatic carbocycles. The van der Waals surface area contributed by atoms with E-state index in [1.54, 1.807) is 0 Å². The molecule has 160 valence electrons. The molecule has 1 N–H and O–H groups in total. The Morgan fingerprint density at radius 3 is 2.50 bits per heavy atom. The summed E-state index contributed by atoms with van der Waals surface area (Å²) in [5.74, 6) is 0.594. The van der Waals surface area contributed by atoms with Gasteiger partial charge in [-0.1, -0.05) is 66.7 Å². The van der Waals surface area contributed by atoms with Crippen molar-refractivity contribution in [3.8, 4) is 0 Å². The van der Waals surface area contributed by atoms with Crippen molar-refractivity contribution in [2.75, 3.05) is 19.6 Å². The Morgan fingerprint density at radius 2 is 1.66 bits per heavy atom. The van der Waals surface area contributed by atoms with E-state index in [4.69, 9.17) is 0 Å². The second kappa shape index (κ2) is 8.40. The van der Waals surface area contributed by atoms with E-state index in [1.807, 2.05) is 6.21 Å². The zero-order valence-corrected chi connectivity index (χ0v) is 18.4. The molecule has 32 heavy (non-hydrogen) atoms. The number of piperidine rings is 1. The van der Waals surface area contributed by atoms with Crippen LogP contribution >= 0.6 is 0 Å². The van der Waals surface area contributed by atoms with Crippen LogP contribution in [0.15, 0.2) is 77.8 Å². The van der Waals surface area contributed by atoms with Crippen molar-refractivity contribution >= 4 is 33.5 Å². The van der Waals surface area contributed by atoms with Crippen molar-refractivity contribution in [3.63, 3.8) is 0 Å². The Balaban J connectivity index is 1.25. The van der Waals surface area contributed by atoms with E-state index in [-0.39, 0.29) is 0 Å². The van der Waals surface area contributed by atoms with Gasteiger partial charge in [-0.25, -0.2) is 0 Å². The number of nitrogens with one attached hydrogen (secondary N) is 1. The van der Waals surface area contributed by atoms with Crippen molar-refractivity contribution in [2.45, 2.75) is 31.7 Å². The normalized spacial score (nSPS) is 17.8. The molecule has 4 aromatic rings. The molecular weight excluding hydrogens is 390 g/mol. The Morgan fingerprint density at radius 1 is 0.875 bits per heavy atom. The summed E-state index contributed by atoms with van der Waals surface area (Å²) in [5.41, 5.74) is 6.91. The largest absolute Gasteiger partial charge is 0.355 e. The van der Waals surface area contributed by atoms with Gasteiger partial charge in [-0.15, -0.1) is 0 Å². The molecule has 0 radical (unpaired) electrons. The summed E-state index contributed by atoms with van der Waals surface area (Å²) in [6, 6.07) is 24.3. The number of rotatable bonds is 4. The molecule has 0 bridgehead atoms. The second-order valence-corrected chi connectivity index (χ2v) is 9.14. The predicted octanol–water partition coefficient (Wildman–Crippen LogP) is 6.56. The molecule has 0 aliphatic carbocycles. The number of para-hydroxylation sites is 1. The van der Waals surface area contributed by atoms with E-state index >= 15 is 0 Å². The van der Waals surface area contributed by atoms with E-state index < -0.39 is 0 Å². The number of allylic oxidation sites excluding steroid dienone is 1. The number of aromatic amines is 1. The zero-order valence-electron chi connectivity index (χ0n) is 18.4. The first kappa shape index (κ1) is 19.5. The summed E-state index contributed by atoms with van der Waals surface area (Å²) in [6.07, 6.45) is 7.72. The number of aliphatic imine (C=N–C) groups is 1. The highest BCUT2D eigenvalue weighted by Gasteiger charge is 2.27. The van der Waals surface area contributed by atoms with Gasteiger partial charge in [0.25, 0.3) is 0 Å². The van der Waals surface area contributed by atoms with Crippen LogP contribution in [-0.4, -0.2) is 35.7 Å². The van der Waals surface area contributed by atoms with Crippen molar-refractivity contribution in [2.24, 2.45) is 4.99 Å². The van der Waals surface area contributed by atoms with Crippen LogP contribution in [0.5, 0.6) is 0 Å². The summed E-state index contributed by atoms with van der Waals surface area (Å²) < 4.78 is 0. The minimum Gasteiger partial charge on any atom is -0.355 e. The van der Waals surface area contributed by atoms with Crippen LogP contribution in [0.2, 0.25) is 0 Å². The Kier molecular flexibility index (Phi) is 5.12. The van der Waals surface area contributed by atoms with Gasteiger partial charge in [-0.05, 0) is 65.4 Å². The van der Waals surface area contributed by atoms with Crippen LogP contribution in [0.3, 0.4) is 0 Å². The molecule has 0 atom stereocenters. The molecular formula is C29H29N3. The number of likely N-dealkylation sites (tertiary alicyclic amines) is 1. The first-order chi connectivity index (χ1) is 15.9. The van der Waals surface area contributed by atoms with Gasteiger partial charge in [0.05, 0.1) is 6.54 Å². The third kappa shape index (κ3) is 3.57. The van der Waals surface area contributed by atoms with Crippen LogP contribution in [0.4, 0.5) is 0 Å². The number of hydrogen-bond acceptors (Lipinski definition) is 2. The molecule has 3 nitrogen and oxygen atoms in total. The fraction of sp³-hybridized carbons (Fsp3) is 0.276. The fourth-order valence-electron chi connectivity index (χ4n) is 5.57. The standard InChI is InChI=1S/C29H29N3/c1-2-11-25-21(7-1)8-5-9-24(25)20-32-17-14-22(15-18-32)28-26-12-3-4-13-27(26)31-29(28)23-10-6-16-30-19-23/h1-5,7-13,16,22,31H,6,14-15,17-20H2. The highest BCUT2D eigenvalue weighted by Crippen LogP contribution is 2.39. The summed E-state index contributed by atoms with van der Waals surface area (Å²) >= 11 is 0. The van der Waals surface area contributed by atoms with Gasteiger partial charge >= 0.3 is 0 Å². The van der Waals surface area contributed by atoms with E-state index in [2.05, 4.69) is 87.7 Å². The number of benzene rings is 3. The average molecular weight is 420 g/mol. The maximum atomic E-state index is 4.55. The molecule has 1 saturated heterocycles. The van der Waals surface area contributed by atoms with Gasteiger partial charge in [0.2, 0.25) is 0 Å². The van der Waals surface area contributed by atoms with Crippen LogP contribution in [0, 0.1) is 0 Å². The molecule has 0 amide bonds. The highest BCUT2D eigenvalue weighted by molar-refractivity contribution is 5.91. The average Bonchev–Trinajstić information content (AvgIpc) is 3.25. The minimum atomic E-state index is 0.594. The second-order valence-electron chi connectivity index (χ2n) is 9.14. The maximum absolute atomic E-state index is 4.55. The summed E-state index contributed by atoms with van der Waals surface area (Å²) in [7, 11) is 0. The minimum absolute atomic E-state index is 0.594. The van der Waals surface area contributed by atoms with E-state index in [9.17, 15) is 0 Å². The molecule has 2 aliphatic heterocycles. The topological polar surface area (TPSA) is 31.4 Å². The maximum Gasteiger partial charge on any atom is 0.0653 e. The Labute approximate surface area is 189 Å². The van der Waals surface area contributed by atoms with E-state index in [0.29, 0.717) is 5.92 Å². The number of nitrogens with zero attached hydrogens (tertiary/aromatic N) is 2. The number of dihydropyridines is 1. The van der Waals surface area contributed by atoms with Crippen molar-refractivity contribution in [3.05, 3.63) is 89.6 Å². The molecule has 1 fully saturated rings. The molecule has 1 aromatic heterocycles. The Bertz CT molecular complexity index is 1310. The number of hydrogen-bond donors (Lipinski definition) is 1. The third-order valence-electron chi connectivity index (χ3n) is 7.20. The summed E-state index contributed by atoms with van der Waals surface area (Å²) in [6.45, 7) is 4.11. The van der Waals surface area contributed by atoms with E-state index in [0.717, 1.165) is 32.6 Å². The lowest BCUT2D eigenvalue weighted by molar-refractivity contribution is 0.205. The molecule has 6 rings (SSSR count). The molecule has 3 heteroatoms. The van der Waals surface area contributed by atoms with Crippen LogP contribution < -0.4 is 0 Å². The van der Waals surface area contributed by atoms with Gasteiger partial charge in [0, 0.05) is 35.8 Å². The lowest BCUT2D eigenvalue weighted by Gasteiger charge is -2.33. The van der Waals surface area contributed by atoms with Crippen LogP contribution in [0.25, 0.3) is 27.2 Å². The molecule has 2 aliphatic rings. The first-order valence-corrected chi connectivity index (χ1v) is 11.8. The SMILES string of the molecule is C1=NCC(c2[nH]c3ccccc3c2C2CCN(Cc3cccc4ccccc34)CC2)=CC1. The number of fused-ring (bicyclic) bond motifs is 2. The van der Waals surface area contributed by atoms with Gasteiger partial charge < -0.3 is 4.98 Å². The molecule has 0 spiro atoms. The lowest BCUT2D eigenvalue weighted by atomic mass is 9.85. The third-order valence-corrected chi connectivity index (χ3v) is 7.20. The molecule has 0 saturated carbocycles. The monoisotopic (exact) mass is 419 g/mol. The van der Waals surface area contributed by atoms with Gasteiger partial charge in [-0.3, -0.25) is 9.89 Å². The smallest absolute Gasteiger partial charge is 0.0653 e. The van der Waals surface area contributed by atoms with Crippen molar-refractivity contribution in [1.82, 2.24) is 9.88 Å². The fourth-order valence-corrected chi connectivity index (χ4v) is 5.57. The van der Waals surface area contributed by atoms with Crippen molar-refractivity contribution < 1.29 is 0 Å². The van der Waals surface area contributed by atoms with Crippen molar-refractivity contribution in [1.29, 1.82) is 0 Å². The van der Waals surface area contributed by atoms with Gasteiger partial charge in [-0.2, -0.15) is 0 Å². The molecule has 0 unspecified atom stereocenters. The molecule has 3 heterocycles. The number of H-pyrrole nitrogens is 1. The Hall–Kier alpha value is -3.17. The number of aromatic nitrogens is 1. The summed E-state index contributed by atoms with van der Waals surface area (Å²) in [4.78, 5) is 10.9. The predicted molar refractivity (Wildman–Crippen MR) is 135 cm³/mol. The van der Waals surface area contributed by atoms with Gasteiger partial charge in [0.1, 0.15) is 0 Å². The zero-order chi connectivity index (χ0) is 21.3. The van der Waals surface area contributed by atoms with Gasteiger partial charge in [0.15, 0.2) is 0 Å². The van der Waals surface area contributed by atoms with Crippen LogP contribution in [0.1, 0.15) is 42.0 Å². The van der Waals surface area contributed by atoms with E-state index in [1.165, 1.54) is 56.9 Å². The quantitative estimate of drug-likeness (QED) is 0.399. The summed E-state index contributed by atoms with van der Waals surface area (Å²) in [5, 5.41) is 4.12. The first-order valence-electron chi connectivity index (χ1n) is 11.8. The lowest BCUT2D eigenvalue weighted by Crippen LogP contribution is -2.32. The highest BCUT2D eigenvalue weighted by atomic mass is 15.1.